The van der Waals surface area contributed by atoms with E-state index < -0.39 is 5.97 Å². The molecule has 3 aromatic rings. The monoisotopic (exact) mass is 391 g/mol. The molecular weight excluding hydrogens is 366 g/mol. The third-order valence-corrected chi connectivity index (χ3v) is 4.83. The predicted octanol–water partition coefficient (Wildman–Crippen LogP) is 4.16. The third-order valence-electron chi connectivity index (χ3n) is 4.83. The Bertz CT molecular complexity index is 1040. The van der Waals surface area contributed by atoms with Crippen LogP contribution in [0.4, 0.5) is 5.69 Å². The van der Waals surface area contributed by atoms with Gasteiger partial charge in [0.15, 0.2) is 6.61 Å². The number of hydrogen-bond donors (Lipinski definition) is 1. The number of anilines is 1. The van der Waals surface area contributed by atoms with Gasteiger partial charge in [-0.15, -0.1) is 0 Å². The van der Waals surface area contributed by atoms with Gasteiger partial charge in [-0.25, -0.2) is 9.48 Å². The van der Waals surface area contributed by atoms with Gasteiger partial charge >= 0.3 is 5.97 Å². The number of benzene rings is 2. The Balaban J connectivity index is 1.70. The zero-order valence-corrected chi connectivity index (χ0v) is 17.2. The molecule has 1 aromatic heterocycles. The van der Waals surface area contributed by atoms with Crippen LogP contribution in [0.25, 0.3) is 5.69 Å². The number of carbonyl (C=O) groups is 2. The van der Waals surface area contributed by atoms with Crippen molar-refractivity contribution in [3.8, 4) is 5.69 Å². The summed E-state index contributed by atoms with van der Waals surface area (Å²) in [7, 11) is 0. The van der Waals surface area contributed by atoms with E-state index in [-0.39, 0.29) is 12.5 Å². The van der Waals surface area contributed by atoms with Gasteiger partial charge in [-0.3, -0.25) is 4.79 Å². The van der Waals surface area contributed by atoms with Crippen molar-refractivity contribution in [1.29, 1.82) is 0 Å². The highest BCUT2D eigenvalue weighted by Gasteiger charge is 2.21. The van der Waals surface area contributed by atoms with Gasteiger partial charge in [-0.05, 0) is 50.5 Å². The lowest BCUT2D eigenvalue weighted by atomic mass is 10.1. The normalized spacial score (nSPS) is 10.6. The van der Waals surface area contributed by atoms with Crippen LogP contribution >= 0.6 is 0 Å². The summed E-state index contributed by atoms with van der Waals surface area (Å²) in [5.74, 6) is -0.925. The summed E-state index contributed by atoms with van der Waals surface area (Å²) in [5, 5.41) is 7.31. The number of amides is 1. The molecule has 1 N–H and O–H groups in total. The third kappa shape index (κ3) is 4.37. The lowest BCUT2D eigenvalue weighted by Gasteiger charge is -2.13. The molecule has 6 heteroatoms. The van der Waals surface area contributed by atoms with Crippen LogP contribution < -0.4 is 5.32 Å². The van der Waals surface area contributed by atoms with Crippen LogP contribution in [0.2, 0.25) is 0 Å². The molecule has 0 spiro atoms. The molecule has 0 saturated carbocycles. The van der Waals surface area contributed by atoms with Crippen LogP contribution in [-0.2, 0) is 16.0 Å². The fourth-order valence-electron chi connectivity index (χ4n) is 3.34. The molecule has 6 nitrogen and oxygen atoms in total. The molecule has 0 aliphatic carbocycles. The van der Waals surface area contributed by atoms with Crippen LogP contribution in [0.3, 0.4) is 0 Å². The highest BCUT2D eigenvalue weighted by Crippen LogP contribution is 2.21. The molecule has 0 radical (unpaired) electrons. The Labute approximate surface area is 170 Å². The molecule has 1 amide bonds. The second kappa shape index (κ2) is 8.73. The maximum absolute atomic E-state index is 12.6. The van der Waals surface area contributed by atoms with Gasteiger partial charge in [-0.2, -0.15) is 5.10 Å². The standard InChI is InChI=1S/C23H25N3O3/c1-5-18-11-9-10-15(2)22(18)24-20(27)14-29-23(28)21-16(3)25-26(17(21)4)19-12-7-6-8-13-19/h6-13H,5,14H2,1-4H3,(H,24,27). The fraction of sp³-hybridized carbons (Fsp3) is 0.261. The number of aryl methyl sites for hydroxylation is 3. The smallest absolute Gasteiger partial charge is 0.342 e. The molecule has 29 heavy (non-hydrogen) atoms. The number of rotatable bonds is 6. The zero-order chi connectivity index (χ0) is 21.0. The minimum atomic E-state index is -0.558. The van der Waals surface area contributed by atoms with Crippen LogP contribution in [0, 0.1) is 20.8 Å². The van der Waals surface area contributed by atoms with E-state index in [1.807, 2.05) is 69.3 Å². The number of para-hydroxylation sites is 2. The van der Waals surface area contributed by atoms with Gasteiger partial charge in [0.2, 0.25) is 0 Å². The Morgan fingerprint density at radius 3 is 2.45 bits per heavy atom. The Morgan fingerprint density at radius 1 is 1.03 bits per heavy atom. The molecule has 0 unspecified atom stereocenters. The second-order valence-corrected chi connectivity index (χ2v) is 6.88. The summed E-state index contributed by atoms with van der Waals surface area (Å²) in [4.78, 5) is 25.0. The first-order chi connectivity index (χ1) is 13.9. The second-order valence-electron chi connectivity index (χ2n) is 6.88. The quantitative estimate of drug-likeness (QED) is 0.641. The molecule has 3 rings (SSSR count). The highest BCUT2D eigenvalue weighted by molar-refractivity contribution is 5.97. The van der Waals surface area contributed by atoms with Crippen molar-refractivity contribution in [2.24, 2.45) is 0 Å². The van der Waals surface area contributed by atoms with E-state index in [9.17, 15) is 9.59 Å². The van der Waals surface area contributed by atoms with Gasteiger partial charge in [0, 0.05) is 5.69 Å². The van der Waals surface area contributed by atoms with Crippen molar-refractivity contribution in [3.05, 3.63) is 76.6 Å². The number of carbonyl (C=O) groups excluding carboxylic acids is 2. The van der Waals surface area contributed by atoms with Crippen LogP contribution in [0.1, 0.15) is 39.8 Å². The lowest BCUT2D eigenvalue weighted by Crippen LogP contribution is -2.22. The first-order valence-electron chi connectivity index (χ1n) is 9.59. The van der Waals surface area contributed by atoms with E-state index in [2.05, 4.69) is 10.4 Å². The van der Waals surface area contributed by atoms with Crippen LogP contribution in [0.15, 0.2) is 48.5 Å². The van der Waals surface area contributed by atoms with Crippen molar-refractivity contribution >= 4 is 17.6 Å². The summed E-state index contributed by atoms with van der Waals surface area (Å²) in [6.07, 6.45) is 0.800. The molecule has 0 aliphatic rings. The van der Waals surface area contributed by atoms with Crippen LogP contribution in [0.5, 0.6) is 0 Å². The molecule has 0 atom stereocenters. The first kappa shape index (κ1) is 20.3. The topological polar surface area (TPSA) is 73.2 Å². The molecule has 0 aliphatic heterocycles. The van der Waals surface area contributed by atoms with Crippen molar-refractivity contribution < 1.29 is 14.3 Å². The molecule has 1 heterocycles. The minimum Gasteiger partial charge on any atom is -0.452 e. The van der Waals surface area contributed by atoms with Crippen molar-refractivity contribution in [2.45, 2.75) is 34.1 Å². The maximum atomic E-state index is 12.6. The van der Waals surface area contributed by atoms with Gasteiger partial charge in [-0.1, -0.05) is 43.3 Å². The lowest BCUT2D eigenvalue weighted by molar-refractivity contribution is -0.119. The summed E-state index contributed by atoms with van der Waals surface area (Å²) in [6.45, 7) is 7.17. The Morgan fingerprint density at radius 2 is 1.76 bits per heavy atom. The first-order valence-corrected chi connectivity index (χ1v) is 9.59. The van der Waals surface area contributed by atoms with Crippen molar-refractivity contribution in [1.82, 2.24) is 9.78 Å². The van der Waals surface area contributed by atoms with Gasteiger partial charge in [0.1, 0.15) is 5.56 Å². The van der Waals surface area contributed by atoms with Crippen LogP contribution in [-0.4, -0.2) is 28.3 Å². The number of nitrogens with one attached hydrogen (secondary N) is 1. The molecule has 150 valence electrons. The Hall–Kier alpha value is -3.41. The zero-order valence-electron chi connectivity index (χ0n) is 17.2. The number of esters is 1. The molecule has 0 fully saturated rings. The summed E-state index contributed by atoms with van der Waals surface area (Å²) < 4.78 is 6.98. The molecule has 0 bridgehead atoms. The van der Waals surface area contributed by atoms with E-state index in [0.717, 1.165) is 28.9 Å². The fourth-order valence-corrected chi connectivity index (χ4v) is 3.34. The average molecular weight is 391 g/mol. The summed E-state index contributed by atoms with van der Waals surface area (Å²) in [5.41, 5.74) is 5.26. The number of hydrogen-bond acceptors (Lipinski definition) is 4. The summed E-state index contributed by atoms with van der Waals surface area (Å²) in [6, 6.07) is 15.4. The average Bonchev–Trinajstić information content (AvgIpc) is 3.02. The number of nitrogens with zero attached hydrogens (tertiary/aromatic N) is 2. The minimum absolute atomic E-state index is 0.355. The highest BCUT2D eigenvalue weighted by atomic mass is 16.5. The van der Waals surface area contributed by atoms with E-state index in [0.29, 0.717) is 17.0 Å². The molecular formula is C23H25N3O3. The van der Waals surface area contributed by atoms with Gasteiger partial charge in [0.25, 0.3) is 5.91 Å². The molecule has 0 saturated heterocycles. The molecule has 2 aromatic carbocycles. The van der Waals surface area contributed by atoms with Crippen molar-refractivity contribution in [2.75, 3.05) is 11.9 Å². The predicted molar refractivity (Wildman–Crippen MR) is 113 cm³/mol. The number of ether oxygens (including phenoxy) is 1. The number of aromatic nitrogens is 2. The largest absolute Gasteiger partial charge is 0.452 e. The van der Waals surface area contributed by atoms with Crippen molar-refractivity contribution in [3.63, 3.8) is 0 Å². The SMILES string of the molecule is CCc1cccc(C)c1NC(=O)COC(=O)c1c(C)nn(-c2ccccc2)c1C. The van der Waals surface area contributed by atoms with Gasteiger partial charge in [0.05, 0.1) is 17.1 Å². The van der Waals surface area contributed by atoms with E-state index in [1.54, 1.807) is 11.6 Å². The van der Waals surface area contributed by atoms with E-state index in [1.165, 1.54) is 0 Å². The summed E-state index contributed by atoms with van der Waals surface area (Å²) >= 11 is 0. The van der Waals surface area contributed by atoms with Gasteiger partial charge < -0.3 is 10.1 Å². The van der Waals surface area contributed by atoms with E-state index >= 15 is 0 Å². The Kier molecular flexibility index (Phi) is 6.12. The van der Waals surface area contributed by atoms with E-state index in [4.69, 9.17) is 4.74 Å². The maximum Gasteiger partial charge on any atom is 0.342 e.